The summed E-state index contributed by atoms with van der Waals surface area (Å²) in [4.78, 5) is 64.6. The molecule has 2 rings (SSSR count). The fraction of sp³-hybridized carbons (Fsp3) is 0.500. The van der Waals surface area contributed by atoms with Gasteiger partial charge < -0.3 is 47.7 Å². The first-order chi connectivity index (χ1) is 18.9. The van der Waals surface area contributed by atoms with Gasteiger partial charge in [-0.2, -0.15) is 0 Å². The summed E-state index contributed by atoms with van der Waals surface area (Å²) in [6, 6.07) is 2.26. The highest BCUT2D eigenvalue weighted by Crippen LogP contribution is 2.19. The molecule has 0 aliphatic heterocycles. The Hall–Kier alpha value is -4.01. The molecular formula is C26H38N6O8. The standard InChI is InChI=1S/C26H38N6O8/c1-14(33)22(26(39)40)32-25(38)20(9-10-21(34)35)31-24(37)19(8-4-5-11-27)30-23(36)17(28)12-15-13-29-18-7-3-2-6-16(15)18/h2-3,6-7,13-14,17,19-20,22,29,33H,4-5,8-12,27-28H2,1H3,(H,30,36)(H,31,37)(H,32,38)(H,34,35)(H,39,40). The summed E-state index contributed by atoms with van der Waals surface area (Å²) in [6.45, 7) is 1.51. The van der Waals surface area contributed by atoms with Gasteiger partial charge in [0.1, 0.15) is 12.1 Å². The van der Waals surface area contributed by atoms with Gasteiger partial charge in [-0.3, -0.25) is 19.2 Å². The van der Waals surface area contributed by atoms with Crippen LogP contribution in [0, 0.1) is 0 Å². The van der Waals surface area contributed by atoms with E-state index < -0.39 is 66.4 Å². The number of benzene rings is 1. The van der Waals surface area contributed by atoms with E-state index in [-0.39, 0.29) is 19.3 Å². The van der Waals surface area contributed by atoms with Crippen LogP contribution < -0.4 is 27.4 Å². The average molecular weight is 563 g/mol. The number of carboxylic acids is 2. The van der Waals surface area contributed by atoms with Gasteiger partial charge in [0.25, 0.3) is 0 Å². The van der Waals surface area contributed by atoms with E-state index in [0.717, 1.165) is 23.4 Å². The molecule has 2 aromatic rings. The first-order valence-electron chi connectivity index (χ1n) is 13.0. The Morgan fingerprint density at radius 2 is 1.55 bits per heavy atom. The molecule has 0 bridgehead atoms. The summed E-state index contributed by atoms with van der Waals surface area (Å²) >= 11 is 0. The van der Waals surface area contributed by atoms with Crippen LogP contribution in [-0.4, -0.2) is 86.8 Å². The zero-order valence-corrected chi connectivity index (χ0v) is 22.3. The molecule has 0 fully saturated rings. The molecule has 0 spiro atoms. The lowest BCUT2D eigenvalue weighted by molar-refractivity contribution is -0.145. The molecule has 0 aliphatic carbocycles. The van der Waals surface area contributed by atoms with Gasteiger partial charge in [-0.1, -0.05) is 18.2 Å². The van der Waals surface area contributed by atoms with E-state index in [1.165, 1.54) is 0 Å². The SMILES string of the molecule is CC(O)C(NC(=O)C(CCC(=O)O)NC(=O)C(CCCCN)NC(=O)C(N)Cc1c[nH]c2ccccc12)C(=O)O. The minimum absolute atomic E-state index is 0.160. The highest BCUT2D eigenvalue weighted by molar-refractivity contribution is 5.94. The van der Waals surface area contributed by atoms with Crippen molar-refractivity contribution in [1.82, 2.24) is 20.9 Å². The Morgan fingerprint density at radius 3 is 2.17 bits per heavy atom. The maximum absolute atomic E-state index is 13.2. The summed E-state index contributed by atoms with van der Waals surface area (Å²) < 4.78 is 0. The van der Waals surface area contributed by atoms with Gasteiger partial charge in [0, 0.05) is 23.5 Å². The van der Waals surface area contributed by atoms with Crippen molar-refractivity contribution < 1.29 is 39.3 Å². The number of fused-ring (bicyclic) bond motifs is 1. The third-order valence-electron chi connectivity index (χ3n) is 6.36. The average Bonchev–Trinajstić information content (AvgIpc) is 3.30. The summed E-state index contributed by atoms with van der Waals surface area (Å²) in [5, 5.41) is 36.1. The van der Waals surface area contributed by atoms with Crippen molar-refractivity contribution in [2.24, 2.45) is 11.5 Å². The van der Waals surface area contributed by atoms with Crippen molar-refractivity contribution in [3.8, 4) is 0 Å². The van der Waals surface area contributed by atoms with Crippen LogP contribution in [0.3, 0.4) is 0 Å². The van der Waals surface area contributed by atoms with E-state index in [9.17, 15) is 34.2 Å². The van der Waals surface area contributed by atoms with Gasteiger partial charge >= 0.3 is 11.9 Å². The third kappa shape index (κ3) is 9.63. The monoisotopic (exact) mass is 562 g/mol. The van der Waals surface area contributed by atoms with Gasteiger partial charge in [-0.25, -0.2) is 4.79 Å². The molecule has 1 heterocycles. The minimum Gasteiger partial charge on any atom is -0.481 e. The number of aliphatic carboxylic acids is 2. The molecule has 1 aromatic heterocycles. The molecule has 14 nitrogen and oxygen atoms in total. The molecule has 0 aliphatic rings. The van der Waals surface area contributed by atoms with Gasteiger partial charge in [0.15, 0.2) is 6.04 Å². The smallest absolute Gasteiger partial charge is 0.328 e. The van der Waals surface area contributed by atoms with Crippen molar-refractivity contribution in [2.45, 2.75) is 75.7 Å². The molecule has 1 aromatic carbocycles. The van der Waals surface area contributed by atoms with Crippen molar-refractivity contribution in [3.05, 3.63) is 36.0 Å². The van der Waals surface area contributed by atoms with Gasteiger partial charge in [0.05, 0.1) is 12.1 Å². The van der Waals surface area contributed by atoms with Crippen LogP contribution in [0.5, 0.6) is 0 Å². The molecule has 5 unspecified atom stereocenters. The predicted molar refractivity (Wildman–Crippen MR) is 145 cm³/mol. The van der Waals surface area contributed by atoms with Crippen LogP contribution in [-0.2, 0) is 30.4 Å². The van der Waals surface area contributed by atoms with Crippen molar-refractivity contribution in [1.29, 1.82) is 0 Å². The second-order valence-corrected chi connectivity index (χ2v) is 9.57. The molecule has 14 heteroatoms. The molecule has 0 radical (unpaired) electrons. The number of aliphatic hydroxyl groups is 1. The molecule has 11 N–H and O–H groups in total. The van der Waals surface area contributed by atoms with Gasteiger partial charge in [0.2, 0.25) is 17.7 Å². The number of carboxylic acid groups (broad SMARTS) is 2. The molecule has 5 atom stereocenters. The largest absolute Gasteiger partial charge is 0.481 e. The third-order valence-corrected chi connectivity index (χ3v) is 6.36. The van der Waals surface area contributed by atoms with Crippen LogP contribution in [0.15, 0.2) is 30.5 Å². The number of amides is 3. The van der Waals surface area contributed by atoms with E-state index in [1.807, 2.05) is 24.3 Å². The Bertz CT molecular complexity index is 1180. The Balaban J connectivity index is 2.16. The Labute approximate surface area is 230 Å². The maximum atomic E-state index is 13.2. The summed E-state index contributed by atoms with van der Waals surface area (Å²) in [7, 11) is 0. The fourth-order valence-electron chi connectivity index (χ4n) is 4.12. The number of aliphatic hydroxyl groups excluding tert-OH is 1. The maximum Gasteiger partial charge on any atom is 0.328 e. The number of carbonyl (C=O) groups excluding carboxylic acids is 3. The summed E-state index contributed by atoms with van der Waals surface area (Å²) in [5.41, 5.74) is 13.4. The number of unbranched alkanes of at least 4 members (excludes halogenated alkanes) is 1. The van der Waals surface area contributed by atoms with Crippen LogP contribution >= 0.6 is 0 Å². The lowest BCUT2D eigenvalue weighted by Crippen LogP contribution is -2.58. The number of nitrogens with two attached hydrogens (primary N) is 2. The number of rotatable bonds is 17. The second-order valence-electron chi connectivity index (χ2n) is 9.57. The normalized spacial score (nSPS) is 14.9. The van der Waals surface area contributed by atoms with E-state index in [2.05, 4.69) is 20.9 Å². The van der Waals surface area contributed by atoms with Crippen molar-refractivity contribution in [2.75, 3.05) is 6.54 Å². The minimum atomic E-state index is -1.68. The number of aromatic amines is 1. The molecule has 0 saturated heterocycles. The van der Waals surface area contributed by atoms with Crippen LogP contribution in [0.25, 0.3) is 10.9 Å². The number of para-hydroxylation sites is 1. The number of nitrogens with one attached hydrogen (secondary N) is 4. The highest BCUT2D eigenvalue weighted by Gasteiger charge is 2.32. The molecule has 3 amide bonds. The van der Waals surface area contributed by atoms with Crippen molar-refractivity contribution in [3.63, 3.8) is 0 Å². The zero-order chi connectivity index (χ0) is 29.8. The first-order valence-corrected chi connectivity index (χ1v) is 13.0. The first kappa shape index (κ1) is 32.2. The fourth-order valence-corrected chi connectivity index (χ4v) is 4.12. The lowest BCUT2D eigenvalue weighted by atomic mass is 10.0. The zero-order valence-electron chi connectivity index (χ0n) is 22.3. The second kappa shape index (κ2) is 15.5. The Morgan fingerprint density at radius 1 is 0.925 bits per heavy atom. The van der Waals surface area contributed by atoms with Crippen LogP contribution in [0.4, 0.5) is 0 Å². The van der Waals surface area contributed by atoms with Gasteiger partial charge in [-0.15, -0.1) is 0 Å². The number of carbonyl (C=O) groups is 5. The highest BCUT2D eigenvalue weighted by atomic mass is 16.4. The number of H-pyrrole nitrogens is 1. The van der Waals surface area contributed by atoms with Crippen LogP contribution in [0.2, 0.25) is 0 Å². The van der Waals surface area contributed by atoms with E-state index in [0.29, 0.717) is 19.4 Å². The molecule has 40 heavy (non-hydrogen) atoms. The topological polar surface area (TPSA) is 250 Å². The molecule has 220 valence electrons. The van der Waals surface area contributed by atoms with Crippen molar-refractivity contribution >= 4 is 40.6 Å². The predicted octanol–water partition coefficient (Wildman–Crippen LogP) is -1.05. The Kier molecular flexibility index (Phi) is 12.5. The number of aromatic nitrogens is 1. The van der Waals surface area contributed by atoms with Crippen LogP contribution in [0.1, 0.15) is 44.6 Å². The van der Waals surface area contributed by atoms with E-state index >= 15 is 0 Å². The number of hydrogen-bond donors (Lipinski definition) is 9. The van der Waals surface area contributed by atoms with E-state index in [1.54, 1.807) is 6.20 Å². The van der Waals surface area contributed by atoms with Gasteiger partial charge in [-0.05, 0) is 57.2 Å². The lowest BCUT2D eigenvalue weighted by Gasteiger charge is -2.25. The quantitative estimate of drug-likeness (QED) is 0.106. The number of hydrogen-bond acceptors (Lipinski definition) is 8. The molecule has 0 saturated carbocycles. The summed E-state index contributed by atoms with van der Waals surface area (Å²) in [6.07, 6.45) is 0.791. The van der Waals surface area contributed by atoms with E-state index in [4.69, 9.17) is 16.6 Å². The summed E-state index contributed by atoms with van der Waals surface area (Å²) in [5.74, 6) is -5.13. The molecular weight excluding hydrogens is 524 g/mol.